The Hall–Kier alpha value is -2.86. The summed E-state index contributed by atoms with van der Waals surface area (Å²) >= 11 is 6.49. The lowest BCUT2D eigenvalue weighted by molar-refractivity contribution is -0.117. The number of carbonyl (C=O) groups excluding carboxylic acids is 1. The van der Waals surface area contributed by atoms with E-state index in [0.29, 0.717) is 35.2 Å². The molecule has 0 spiro atoms. The van der Waals surface area contributed by atoms with Crippen molar-refractivity contribution in [2.75, 3.05) is 5.32 Å². The van der Waals surface area contributed by atoms with Gasteiger partial charge in [-0.2, -0.15) is 10.1 Å². The number of hydrogen-bond donors (Lipinski definition) is 1. The molecule has 2 atom stereocenters. The monoisotopic (exact) mass is 380 g/mol. The van der Waals surface area contributed by atoms with Gasteiger partial charge >= 0.3 is 0 Å². The topological polar surface area (TPSA) is 73.0 Å². The van der Waals surface area contributed by atoms with Gasteiger partial charge in [0.2, 0.25) is 5.95 Å². The standard InChI is InChI=1S/C20H17ClN4O2/c1-11-22-20-23-15-9-12(17-7-4-8-27-17)10-16(26)18(15)19(25(20)24-11)13-5-2-3-6-14(13)21/h2-8,12,19H,9-10H2,1H3,(H,22,23,24). The Morgan fingerprint density at radius 3 is 2.85 bits per heavy atom. The normalized spacial score (nSPS) is 21.6. The van der Waals surface area contributed by atoms with Crippen molar-refractivity contribution in [3.8, 4) is 0 Å². The molecule has 27 heavy (non-hydrogen) atoms. The zero-order valence-electron chi connectivity index (χ0n) is 14.6. The van der Waals surface area contributed by atoms with Gasteiger partial charge in [0.05, 0.1) is 6.26 Å². The van der Waals surface area contributed by atoms with E-state index in [0.717, 1.165) is 17.0 Å². The van der Waals surface area contributed by atoms with Gasteiger partial charge in [-0.3, -0.25) is 4.79 Å². The van der Waals surface area contributed by atoms with E-state index >= 15 is 0 Å². The molecule has 2 aliphatic rings. The van der Waals surface area contributed by atoms with Gasteiger partial charge in [0, 0.05) is 34.2 Å². The van der Waals surface area contributed by atoms with Crippen molar-refractivity contribution in [1.82, 2.24) is 14.8 Å². The number of halogens is 1. The molecular formula is C20H17ClN4O2. The molecule has 0 radical (unpaired) electrons. The number of aromatic nitrogens is 3. The smallest absolute Gasteiger partial charge is 0.226 e. The minimum Gasteiger partial charge on any atom is -0.469 e. The van der Waals surface area contributed by atoms with E-state index in [-0.39, 0.29) is 17.7 Å². The van der Waals surface area contributed by atoms with Crippen LogP contribution in [0.15, 0.2) is 58.3 Å². The van der Waals surface area contributed by atoms with E-state index in [4.69, 9.17) is 16.0 Å². The van der Waals surface area contributed by atoms with Crippen LogP contribution in [-0.4, -0.2) is 20.5 Å². The van der Waals surface area contributed by atoms with Crippen molar-refractivity contribution in [2.24, 2.45) is 0 Å². The number of rotatable bonds is 2. The number of nitrogens with zero attached hydrogens (tertiary/aromatic N) is 3. The molecule has 0 saturated carbocycles. The lowest BCUT2D eigenvalue weighted by Crippen LogP contribution is -2.33. The summed E-state index contributed by atoms with van der Waals surface area (Å²) in [4.78, 5) is 17.7. The van der Waals surface area contributed by atoms with Crippen molar-refractivity contribution in [3.05, 3.63) is 76.1 Å². The molecule has 6 nitrogen and oxygen atoms in total. The SMILES string of the molecule is Cc1nc2n(n1)C(c1ccccc1Cl)C1=C(CC(c3ccco3)CC1=O)N2. The molecule has 2 unspecified atom stereocenters. The van der Waals surface area contributed by atoms with Gasteiger partial charge in [0.25, 0.3) is 0 Å². The molecule has 0 amide bonds. The van der Waals surface area contributed by atoms with Gasteiger partial charge in [0.1, 0.15) is 17.6 Å². The molecule has 7 heteroatoms. The molecule has 1 N–H and O–H groups in total. The molecule has 2 aromatic heterocycles. The molecule has 1 aliphatic heterocycles. The second-order valence-electron chi connectivity index (χ2n) is 6.91. The number of aryl methyl sites for hydroxylation is 1. The summed E-state index contributed by atoms with van der Waals surface area (Å²) in [5.74, 6) is 2.19. The molecule has 136 valence electrons. The fraction of sp³-hybridized carbons (Fsp3) is 0.250. The minimum absolute atomic E-state index is 0.0150. The Morgan fingerprint density at radius 2 is 2.07 bits per heavy atom. The van der Waals surface area contributed by atoms with Crippen LogP contribution < -0.4 is 5.32 Å². The van der Waals surface area contributed by atoms with Crippen molar-refractivity contribution in [1.29, 1.82) is 0 Å². The Labute approximate surface area is 160 Å². The van der Waals surface area contributed by atoms with Crippen LogP contribution >= 0.6 is 11.6 Å². The van der Waals surface area contributed by atoms with Crippen molar-refractivity contribution >= 4 is 23.3 Å². The van der Waals surface area contributed by atoms with E-state index in [2.05, 4.69) is 15.4 Å². The highest BCUT2D eigenvalue weighted by atomic mass is 35.5. The fourth-order valence-electron chi connectivity index (χ4n) is 4.03. The average Bonchev–Trinajstić information content (AvgIpc) is 3.29. The molecule has 1 aromatic carbocycles. The Morgan fingerprint density at radius 1 is 1.22 bits per heavy atom. The Bertz CT molecular complexity index is 1070. The van der Waals surface area contributed by atoms with Gasteiger partial charge in [-0.25, -0.2) is 4.68 Å². The van der Waals surface area contributed by atoms with Gasteiger partial charge in [-0.1, -0.05) is 29.8 Å². The third kappa shape index (κ3) is 2.59. The lowest BCUT2D eigenvalue weighted by atomic mass is 9.79. The number of anilines is 1. The van der Waals surface area contributed by atoms with Crippen molar-refractivity contribution in [3.63, 3.8) is 0 Å². The summed E-state index contributed by atoms with van der Waals surface area (Å²) in [5, 5.41) is 8.46. The molecule has 0 fully saturated rings. The number of nitrogens with one attached hydrogen (secondary N) is 1. The maximum Gasteiger partial charge on any atom is 0.226 e. The van der Waals surface area contributed by atoms with E-state index in [1.807, 2.05) is 43.3 Å². The summed E-state index contributed by atoms with van der Waals surface area (Å²) < 4.78 is 7.31. The summed E-state index contributed by atoms with van der Waals surface area (Å²) in [6, 6.07) is 11.0. The molecule has 3 aromatic rings. The fourth-order valence-corrected chi connectivity index (χ4v) is 4.27. The van der Waals surface area contributed by atoms with Gasteiger partial charge in [-0.15, -0.1) is 0 Å². The largest absolute Gasteiger partial charge is 0.469 e. The number of furan rings is 1. The predicted octanol–water partition coefficient (Wildman–Crippen LogP) is 4.25. The summed E-state index contributed by atoms with van der Waals surface area (Å²) in [7, 11) is 0. The number of benzene rings is 1. The lowest BCUT2D eigenvalue weighted by Gasteiger charge is -2.34. The van der Waals surface area contributed by atoms with Crippen LogP contribution in [0.25, 0.3) is 0 Å². The quantitative estimate of drug-likeness (QED) is 0.719. The highest BCUT2D eigenvalue weighted by molar-refractivity contribution is 6.31. The molecule has 0 saturated heterocycles. The van der Waals surface area contributed by atoms with Gasteiger partial charge in [0.15, 0.2) is 5.78 Å². The average molecular weight is 381 g/mol. The Kier molecular flexibility index (Phi) is 3.68. The van der Waals surface area contributed by atoms with E-state index in [1.54, 1.807) is 10.9 Å². The second-order valence-corrected chi connectivity index (χ2v) is 7.32. The van der Waals surface area contributed by atoms with Gasteiger partial charge in [-0.05, 0) is 31.5 Å². The third-order valence-electron chi connectivity index (χ3n) is 5.17. The summed E-state index contributed by atoms with van der Waals surface area (Å²) in [6.07, 6.45) is 2.73. The van der Waals surface area contributed by atoms with Crippen LogP contribution in [-0.2, 0) is 4.79 Å². The third-order valence-corrected chi connectivity index (χ3v) is 5.52. The molecular weight excluding hydrogens is 364 g/mol. The highest BCUT2D eigenvalue weighted by Crippen LogP contribution is 2.45. The van der Waals surface area contributed by atoms with Crippen molar-refractivity contribution in [2.45, 2.75) is 31.7 Å². The van der Waals surface area contributed by atoms with Crippen LogP contribution in [0.3, 0.4) is 0 Å². The maximum absolute atomic E-state index is 13.2. The molecule has 0 bridgehead atoms. The van der Waals surface area contributed by atoms with Crippen molar-refractivity contribution < 1.29 is 9.21 Å². The highest BCUT2D eigenvalue weighted by Gasteiger charge is 2.40. The first kappa shape index (κ1) is 16.3. The summed E-state index contributed by atoms with van der Waals surface area (Å²) in [5.41, 5.74) is 2.44. The first-order chi connectivity index (χ1) is 13.1. The van der Waals surface area contributed by atoms with E-state index in [1.165, 1.54) is 0 Å². The van der Waals surface area contributed by atoms with Crippen LogP contribution in [0.5, 0.6) is 0 Å². The zero-order valence-corrected chi connectivity index (χ0v) is 15.4. The Balaban J connectivity index is 1.66. The molecule has 1 aliphatic carbocycles. The zero-order chi connectivity index (χ0) is 18.5. The summed E-state index contributed by atoms with van der Waals surface area (Å²) in [6.45, 7) is 1.84. The number of carbonyl (C=O) groups is 1. The molecule has 5 rings (SSSR count). The predicted molar refractivity (Wildman–Crippen MR) is 101 cm³/mol. The van der Waals surface area contributed by atoms with E-state index < -0.39 is 0 Å². The van der Waals surface area contributed by atoms with E-state index in [9.17, 15) is 4.79 Å². The van der Waals surface area contributed by atoms with Crippen LogP contribution in [0.4, 0.5) is 5.95 Å². The molecule has 3 heterocycles. The number of hydrogen-bond acceptors (Lipinski definition) is 5. The number of fused-ring (bicyclic) bond motifs is 1. The van der Waals surface area contributed by atoms with Crippen LogP contribution in [0.2, 0.25) is 5.02 Å². The number of Topliss-reactive ketones (excluding diaryl/α,β-unsaturated/α-hetero) is 1. The van der Waals surface area contributed by atoms with Gasteiger partial charge < -0.3 is 9.73 Å². The first-order valence-corrected chi connectivity index (χ1v) is 9.24. The number of ketones is 1. The maximum atomic E-state index is 13.2. The minimum atomic E-state index is -0.379. The number of allylic oxidation sites excluding steroid dienone is 2. The second kappa shape index (κ2) is 6.09. The van der Waals surface area contributed by atoms with Crippen LogP contribution in [0.1, 0.15) is 41.9 Å². The first-order valence-electron chi connectivity index (χ1n) is 8.86. The van der Waals surface area contributed by atoms with Crippen LogP contribution in [0, 0.1) is 6.92 Å².